The number of hydrogen-bond donors (Lipinski definition) is 1. The van der Waals surface area contributed by atoms with Crippen LogP contribution in [0.25, 0.3) is 28.1 Å². The van der Waals surface area contributed by atoms with Gasteiger partial charge in [0.25, 0.3) is 0 Å². The number of ether oxygens (including phenoxy) is 1. The summed E-state index contributed by atoms with van der Waals surface area (Å²) in [7, 11) is 1.56. The molecule has 1 aliphatic heterocycles. The Bertz CT molecular complexity index is 1340. The van der Waals surface area contributed by atoms with Gasteiger partial charge in [-0.1, -0.05) is 24.3 Å². The number of benzene rings is 1. The lowest BCUT2D eigenvalue weighted by atomic mass is 10.0. The van der Waals surface area contributed by atoms with E-state index in [1.165, 1.54) is 17.2 Å². The number of aromatic nitrogens is 4. The van der Waals surface area contributed by atoms with Gasteiger partial charge in [-0.15, -0.1) is 35.0 Å². The van der Waals surface area contributed by atoms with E-state index in [1.54, 1.807) is 36.6 Å². The number of pyridine rings is 2. The van der Waals surface area contributed by atoms with E-state index < -0.39 is 17.8 Å². The van der Waals surface area contributed by atoms with E-state index in [-0.39, 0.29) is 43.5 Å². The van der Waals surface area contributed by atoms with Crippen molar-refractivity contribution in [2.45, 2.75) is 31.1 Å². The third-order valence-electron chi connectivity index (χ3n) is 6.08. The third kappa shape index (κ3) is 5.02. The highest BCUT2D eigenvalue weighted by Crippen LogP contribution is 2.41. The van der Waals surface area contributed by atoms with Crippen molar-refractivity contribution < 1.29 is 17.9 Å². The van der Waals surface area contributed by atoms with E-state index >= 15 is 0 Å². The van der Waals surface area contributed by atoms with Crippen LogP contribution in [-0.2, 0) is 0 Å². The van der Waals surface area contributed by atoms with Gasteiger partial charge in [-0.05, 0) is 37.1 Å². The molecule has 0 saturated carbocycles. The molecule has 1 aliphatic rings. The van der Waals surface area contributed by atoms with Crippen molar-refractivity contribution in [3.63, 3.8) is 0 Å². The monoisotopic (exact) mass is 528 g/mol. The number of hydrogen-bond acceptors (Lipinski definition) is 6. The first-order valence-electron chi connectivity index (χ1n) is 10.5. The summed E-state index contributed by atoms with van der Waals surface area (Å²) < 4.78 is 49.5. The fourth-order valence-corrected chi connectivity index (χ4v) is 4.50. The Labute approximate surface area is 212 Å². The van der Waals surface area contributed by atoms with E-state index in [2.05, 4.69) is 15.2 Å². The number of likely N-dealkylation sites (tertiary alicyclic amines) is 1. The van der Waals surface area contributed by atoms with Gasteiger partial charge in [0.2, 0.25) is 0 Å². The van der Waals surface area contributed by atoms with Crippen LogP contribution in [0.5, 0.6) is 5.75 Å². The zero-order chi connectivity index (χ0) is 23.4. The van der Waals surface area contributed by atoms with Gasteiger partial charge in [0.1, 0.15) is 23.0 Å². The quantitative estimate of drug-likeness (QED) is 0.408. The number of alkyl halides is 3. The second-order valence-corrected chi connectivity index (χ2v) is 8.76. The molecule has 1 aromatic carbocycles. The largest absolute Gasteiger partial charge is 0.494 e. The predicted molar refractivity (Wildman–Crippen MR) is 132 cm³/mol. The second kappa shape index (κ2) is 9.77. The van der Waals surface area contributed by atoms with E-state index in [0.29, 0.717) is 34.9 Å². The molecule has 0 spiro atoms. The van der Waals surface area contributed by atoms with E-state index in [1.807, 2.05) is 18.2 Å². The summed E-state index contributed by atoms with van der Waals surface area (Å²) in [5.74, 6) is 0.950. The molecule has 0 bridgehead atoms. The van der Waals surface area contributed by atoms with Crippen LogP contribution in [0.4, 0.5) is 13.2 Å². The number of nitrogens with zero attached hydrogens (tertiary/aromatic N) is 5. The van der Waals surface area contributed by atoms with Crippen molar-refractivity contribution >= 4 is 41.4 Å². The summed E-state index contributed by atoms with van der Waals surface area (Å²) in [5.41, 5.74) is 7.12. The van der Waals surface area contributed by atoms with Gasteiger partial charge in [-0.2, -0.15) is 13.2 Å². The highest BCUT2D eigenvalue weighted by molar-refractivity contribution is 5.86. The summed E-state index contributed by atoms with van der Waals surface area (Å²) in [6, 6.07) is 10.4. The minimum atomic E-state index is -4.46. The Hall–Kier alpha value is -2.66. The van der Waals surface area contributed by atoms with Crippen LogP contribution in [0.2, 0.25) is 0 Å². The summed E-state index contributed by atoms with van der Waals surface area (Å²) in [6.07, 6.45) is -2.51. The number of methoxy groups -OCH3 is 1. The summed E-state index contributed by atoms with van der Waals surface area (Å²) in [4.78, 5) is 6.05. The van der Waals surface area contributed by atoms with Gasteiger partial charge < -0.3 is 10.5 Å². The number of fused-ring (bicyclic) bond motifs is 2. The standard InChI is InChI=1S/C23H23F3N6O.2ClH/c1-22(27)10-11-31(13-22)20(23(24,25)26)15-7-9-18-29-30-21(32(18)12-15)16-8-6-14-4-3-5-17(33-2)19(14)28-16;;/h3-9,12,20H,10-11,13,27H2,1-2H3;2*1H/t20-,22-;;/m1../s1. The van der Waals surface area contributed by atoms with Crippen LogP contribution < -0.4 is 10.5 Å². The molecule has 12 heteroatoms. The molecule has 0 amide bonds. The Kier molecular flexibility index (Phi) is 7.52. The summed E-state index contributed by atoms with van der Waals surface area (Å²) in [5, 5.41) is 9.21. The Balaban J connectivity index is 0.00000171. The van der Waals surface area contributed by atoms with E-state index in [9.17, 15) is 13.2 Å². The Morgan fingerprint density at radius 1 is 1.09 bits per heavy atom. The fourth-order valence-electron chi connectivity index (χ4n) is 4.50. The lowest BCUT2D eigenvalue weighted by molar-refractivity contribution is -0.184. The highest BCUT2D eigenvalue weighted by Gasteiger charge is 2.48. The lowest BCUT2D eigenvalue weighted by Gasteiger charge is -2.31. The molecule has 3 aromatic heterocycles. The lowest BCUT2D eigenvalue weighted by Crippen LogP contribution is -2.43. The molecule has 0 radical (unpaired) electrons. The van der Waals surface area contributed by atoms with Crippen LogP contribution in [0, 0.1) is 0 Å². The van der Waals surface area contributed by atoms with E-state index in [0.717, 1.165) is 5.39 Å². The molecule has 1 saturated heterocycles. The van der Waals surface area contributed by atoms with Crippen LogP contribution in [0.3, 0.4) is 0 Å². The van der Waals surface area contributed by atoms with Crippen LogP contribution >= 0.6 is 24.8 Å². The van der Waals surface area contributed by atoms with Crippen molar-refractivity contribution in [1.82, 2.24) is 24.5 Å². The maximum Gasteiger partial charge on any atom is 0.408 e. The first-order chi connectivity index (χ1) is 15.7. The third-order valence-corrected chi connectivity index (χ3v) is 6.08. The van der Waals surface area contributed by atoms with Gasteiger partial charge in [0, 0.05) is 30.2 Å². The van der Waals surface area contributed by atoms with Crippen LogP contribution in [-0.4, -0.2) is 56.4 Å². The molecular formula is C23H25Cl2F3N6O. The number of nitrogens with two attached hydrogens (primary N) is 1. The van der Waals surface area contributed by atoms with Crippen LogP contribution in [0.15, 0.2) is 48.7 Å². The van der Waals surface area contributed by atoms with Gasteiger partial charge in [-0.3, -0.25) is 9.30 Å². The molecule has 2 N–H and O–H groups in total. The zero-order valence-electron chi connectivity index (χ0n) is 19.0. The molecule has 4 aromatic rings. The molecule has 188 valence electrons. The molecule has 7 nitrogen and oxygen atoms in total. The van der Waals surface area contributed by atoms with Gasteiger partial charge >= 0.3 is 6.18 Å². The predicted octanol–water partition coefficient (Wildman–Crippen LogP) is 4.82. The van der Waals surface area contributed by atoms with Crippen molar-refractivity contribution in [2.24, 2.45) is 5.73 Å². The first kappa shape index (κ1) is 26.9. The molecule has 0 aliphatic carbocycles. The molecular weight excluding hydrogens is 504 g/mol. The van der Waals surface area contributed by atoms with E-state index in [4.69, 9.17) is 10.5 Å². The minimum absolute atomic E-state index is 0. The summed E-state index contributed by atoms with van der Waals surface area (Å²) >= 11 is 0. The molecule has 1 fully saturated rings. The molecule has 35 heavy (non-hydrogen) atoms. The van der Waals surface area contributed by atoms with Crippen molar-refractivity contribution in [3.05, 3.63) is 54.2 Å². The first-order valence-corrected chi connectivity index (χ1v) is 10.5. The maximum atomic E-state index is 14.2. The fraction of sp³-hybridized carbons (Fsp3) is 0.348. The van der Waals surface area contributed by atoms with Crippen molar-refractivity contribution in [2.75, 3.05) is 20.2 Å². The molecule has 5 rings (SSSR count). The van der Waals surface area contributed by atoms with Gasteiger partial charge in [-0.25, -0.2) is 4.98 Å². The SMILES string of the molecule is COc1cccc2ccc(-c3nnc4ccc([C@@H](N5CC[C@@](C)(N)C5)C(F)(F)F)cn34)nc12.Cl.Cl. The smallest absolute Gasteiger partial charge is 0.408 e. The van der Waals surface area contributed by atoms with Crippen LogP contribution in [0.1, 0.15) is 24.9 Å². The average Bonchev–Trinajstić information content (AvgIpc) is 3.34. The molecule has 2 atom stereocenters. The molecule has 4 heterocycles. The number of rotatable bonds is 4. The second-order valence-electron chi connectivity index (χ2n) is 8.76. The Morgan fingerprint density at radius 2 is 1.86 bits per heavy atom. The van der Waals surface area contributed by atoms with Crippen molar-refractivity contribution in [3.8, 4) is 17.3 Å². The van der Waals surface area contributed by atoms with Crippen molar-refractivity contribution in [1.29, 1.82) is 0 Å². The minimum Gasteiger partial charge on any atom is -0.494 e. The molecule has 0 unspecified atom stereocenters. The maximum absolute atomic E-state index is 14.2. The topological polar surface area (TPSA) is 81.6 Å². The summed E-state index contributed by atoms with van der Waals surface area (Å²) in [6.45, 7) is 2.22. The van der Waals surface area contributed by atoms with Gasteiger partial charge in [0.05, 0.1) is 7.11 Å². The van der Waals surface area contributed by atoms with Gasteiger partial charge in [0.15, 0.2) is 11.5 Å². The zero-order valence-corrected chi connectivity index (χ0v) is 20.6. The number of halogens is 5. The normalized spacial score (nSPS) is 19.4. The highest BCUT2D eigenvalue weighted by atomic mass is 35.5. The average molecular weight is 529 g/mol. The Morgan fingerprint density at radius 3 is 2.51 bits per heavy atom. The number of para-hydroxylation sites is 1.